The van der Waals surface area contributed by atoms with Crippen LogP contribution in [0.4, 0.5) is 5.69 Å². The summed E-state index contributed by atoms with van der Waals surface area (Å²) in [7, 11) is 0. The van der Waals surface area contributed by atoms with Crippen molar-refractivity contribution in [3.63, 3.8) is 0 Å². The monoisotopic (exact) mass is 236 g/mol. The van der Waals surface area contributed by atoms with Gasteiger partial charge in [-0.2, -0.15) is 5.26 Å². The Morgan fingerprint density at radius 2 is 2.38 bits per heavy atom. The minimum absolute atomic E-state index is 0.137. The van der Waals surface area contributed by atoms with Crippen molar-refractivity contribution in [3.8, 4) is 6.07 Å². The highest BCUT2D eigenvalue weighted by atomic mass is 35.5. The fraction of sp³-hybridized carbons (Fsp3) is 0.0909. The number of hydrogen-bond donors (Lipinski definition) is 2. The molecular formula is C11H9ClN2O2. The predicted octanol–water partition coefficient (Wildman–Crippen LogP) is 1.72. The Balaban J connectivity index is 2.79. The Kier molecular flexibility index (Phi) is 4.52. The predicted molar refractivity (Wildman–Crippen MR) is 60.9 cm³/mol. The number of anilines is 1. The summed E-state index contributed by atoms with van der Waals surface area (Å²) < 4.78 is 0. The second-order valence-electron chi connectivity index (χ2n) is 2.88. The molecule has 0 saturated heterocycles. The van der Waals surface area contributed by atoms with E-state index in [-0.39, 0.29) is 12.2 Å². The van der Waals surface area contributed by atoms with Gasteiger partial charge in [0, 0.05) is 10.7 Å². The number of nitrogens with one attached hydrogen (secondary N) is 1. The summed E-state index contributed by atoms with van der Waals surface area (Å²) in [6.07, 6.45) is 1.14. The number of rotatable bonds is 3. The summed E-state index contributed by atoms with van der Waals surface area (Å²) >= 11 is 5.73. The van der Waals surface area contributed by atoms with Crippen molar-refractivity contribution in [2.75, 3.05) is 11.9 Å². The minimum atomic E-state index is -0.571. The summed E-state index contributed by atoms with van der Waals surface area (Å²) in [5.74, 6) is -0.571. The summed E-state index contributed by atoms with van der Waals surface area (Å²) in [5.41, 5.74) is 0.360. The summed E-state index contributed by atoms with van der Waals surface area (Å²) in [6, 6.07) is 8.26. The molecule has 0 spiro atoms. The zero-order chi connectivity index (χ0) is 12.0. The SMILES string of the molecule is N#CC(=CCO)C(=O)Nc1cccc(Cl)c1. The average molecular weight is 237 g/mol. The molecule has 1 aromatic rings. The highest BCUT2D eigenvalue weighted by Gasteiger charge is 2.08. The van der Waals surface area contributed by atoms with E-state index in [4.69, 9.17) is 22.0 Å². The average Bonchev–Trinajstić information content (AvgIpc) is 2.25. The number of benzene rings is 1. The first-order chi connectivity index (χ1) is 7.67. The lowest BCUT2D eigenvalue weighted by molar-refractivity contribution is -0.112. The zero-order valence-electron chi connectivity index (χ0n) is 8.27. The van der Waals surface area contributed by atoms with E-state index < -0.39 is 5.91 Å². The van der Waals surface area contributed by atoms with E-state index in [2.05, 4.69) is 5.32 Å². The normalized spacial score (nSPS) is 10.7. The van der Waals surface area contributed by atoms with Crippen molar-refractivity contribution in [1.82, 2.24) is 0 Å². The second kappa shape index (κ2) is 5.91. The number of aliphatic hydroxyl groups excluding tert-OH is 1. The Morgan fingerprint density at radius 3 is 2.94 bits per heavy atom. The molecular weight excluding hydrogens is 228 g/mol. The number of nitriles is 1. The Labute approximate surface area is 97.8 Å². The molecule has 0 radical (unpaired) electrons. The topological polar surface area (TPSA) is 73.1 Å². The number of halogens is 1. The molecule has 0 bridgehead atoms. The first-order valence-electron chi connectivity index (χ1n) is 4.45. The maximum absolute atomic E-state index is 11.5. The first-order valence-corrected chi connectivity index (χ1v) is 4.83. The van der Waals surface area contributed by atoms with Crippen LogP contribution in [0.5, 0.6) is 0 Å². The van der Waals surface area contributed by atoms with Crippen molar-refractivity contribution in [3.05, 3.63) is 40.9 Å². The van der Waals surface area contributed by atoms with Crippen molar-refractivity contribution in [2.45, 2.75) is 0 Å². The lowest BCUT2D eigenvalue weighted by Gasteiger charge is -2.03. The lowest BCUT2D eigenvalue weighted by atomic mass is 10.2. The highest BCUT2D eigenvalue weighted by Crippen LogP contribution is 2.15. The van der Waals surface area contributed by atoms with Gasteiger partial charge in [0.25, 0.3) is 5.91 Å². The molecule has 16 heavy (non-hydrogen) atoms. The van der Waals surface area contributed by atoms with Crippen LogP contribution in [0.2, 0.25) is 5.02 Å². The Hall–Kier alpha value is -1.83. The molecule has 0 aliphatic carbocycles. The number of aliphatic hydroxyl groups is 1. The Morgan fingerprint density at radius 1 is 1.62 bits per heavy atom. The maximum Gasteiger partial charge on any atom is 0.266 e. The molecule has 1 amide bonds. The van der Waals surface area contributed by atoms with Crippen LogP contribution in [0.25, 0.3) is 0 Å². The minimum Gasteiger partial charge on any atom is -0.392 e. The third kappa shape index (κ3) is 3.39. The van der Waals surface area contributed by atoms with Crippen molar-refractivity contribution in [1.29, 1.82) is 5.26 Å². The molecule has 0 aliphatic rings. The van der Waals surface area contributed by atoms with Gasteiger partial charge in [-0.1, -0.05) is 17.7 Å². The molecule has 0 heterocycles. The van der Waals surface area contributed by atoms with Gasteiger partial charge in [0.1, 0.15) is 11.6 Å². The van der Waals surface area contributed by atoms with Crippen molar-refractivity contribution >= 4 is 23.2 Å². The molecule has 0 unspecified atom stereocenters. The van der Waals surface area contributed by atoms with Crippen molar-refractivity contribution in [2.24, 2.45) is 0 Å². The largest absolute Gasteiger partial charge is 0.392 e. The van der Waals surface area contributed by atoms with E-state index in [0.717, 1.165) is 6.08 Å². The zero-order valence-corrected chi connectivity index (χ0v) is 9.03. The third-order valence-corrected chi connectivity index (χ3v) is 1.98. The number of carbonyl (C=O) groups is 1. The van der Waals surface area contributed by atoms with Gasteiger partial charge < -0.3 is 10.4 Å². The molecule has 0 aromatic heterocycles. The van der Waals surface area contributed by atoms with E-state index in [1.807, 2.05) is 0 Å². The smallest absolute Gasteiger partial charge is 0.266 e. The molecule has 0 aliphatic heterocycles. The van der Waals surface area contributed by atoms with Crippen LogP contribution in [-0.2, 0) is 4.79 Å². The van der Waals surface area contributed by atoms with Gasteiger partial charge in [-0.05, 0) is 24.3 Å². The van der Waals surface area contributed by atoms with Crippen LogP contribution in [0.3, 0.4) is 0 Å². The van der Waals surface area contributed by atoms with E-state index in [9.17, 15) is 4.79 Å². The van der Waals surface area contributed by atoms with E-state index in [0.29, 0.717) is 10.7 Å². The standard InChI is InChI=1S/C11H9ClN2O2/c12-9-2-1-3-10(6-9)14-11(16)8(7-13)4-5-15/h1-4,6,15H,5H2,(H,14,16). The lowest BCUT2D eigenvalue weighted by Crippen LogP contribution is -2.13. The van der Waals surface area contributed by atoms with Crippen molar-refractivity contribution < 1.29 is 9.90 Å². The van der Waals surface area contributed by atoms with Crippen LogP contribution in [0.15, 0.2) is 35.9 Å². The third-order valence-electron chi connectivity index (χ3n) is 1.74. The fourth-order valence-electron chi connectivity index (χ4n) is 1.05. The van der Waals surface area contributed by atoms with Gasteiger partial charge in [0.15, 0.2) is 0 Å². The summed E-state index contributed by atoms with van der Waals surface area (Å²) in [6.45, 7) is -0.355. The van der Waals surface area contributed by atoms with Gasteiger partial charge in [-0.25, -0.2) is 0 Å². The van der Waals surface area contributed by atoms with Gasteiger partial charge in [-0.15, -0.1) is 0 Å². The fourth-order valence-corrected chi connectivity index (χ4v) is 1.24. The van der Waals surface area contributed by atoms with Gasteiger partial charge in [0.05, 0.1) is 6.61 Å². The van der Waals surface area contributed by atoms with Crippen LogP contribution < -0.4 is 5.32 Å². The number of amides is 1. The number of carbonyl (C=O) groups excluding carboxylic acids is 1. The van der Waals surface area contributed by atoms with Crippen LogP contribution >= 0.6 is 11.6 Å². The highest BCUT2D eigenvalue weighted by molar-refractivity contribution is 6.31. The summed E-state index contributed by atoms with van der Waals surface area (Å²) in [5, 5.41) is 20.2. The molecule has 82 valence electrons. The number of hydrogen-bond acceptors (Lipinski definition) is 3. The van der Waals surface area contributed by atoms with Gasteiger partial charge in [0.2, 0.25) is 0 Å². The number of nitrogens with zero attached hydrogens (tertiary/aromatic N) is 1. The van der Waals surface area contributed by atoms with E-state index >= 15 is 0 Å². The quantitative estimate of drug-likeness (QED) is 0.620. The molecule has 2 N–H and O–H groups in total. The van der Waals surface area contributed by atoms with E-state index in [1.54, 1.807) is 30.3 Å². The maximum atomic E-state index is 11.5. The molecule has 0 saturated carbocycles. The Bertz CT molecular complexity index is 463. The van der Waals surface area contributed by atoms with E-state index in [1.165, 1.54) is 0 Å². The van der Waals surface area contributed by atoms with Crippen LogP contribution in [0.1, 0.15) is 0 Å². The molecule has 1 rings (SSSR count). The van der Waals surface area contributed by atoms with Crippen LogP contribution in [0, 0.1) is 11.3 Å². The molecule has 0 fully saturated rings. The van der Waals surface area contributed by atoms with Gasteiger partial charge in [-0.3, -0.25) is 4.79 Å². The molecule has 4 nitrogen and oxygen atoms in total. The summed E-state index contributed by atoms with van der Waals surface area (Å²) in [4.78, 5) is 11.5. The molecule has 1 aromatic carbocycles. The van der Waals surface area contributed by atoms with Crippen LogP contribution in [-0.4, -0.2) is 17.6 Å². The molecule has 5 heteroatoms. The second-order valence-corrected chi connectivity index (χ2v) is 3.31. The first kappa shape index (κ1) is 12.2. The van der Waals surface area contributed by atoms with Gasteiger partial charge >= 0.3 is 0 Å². The molecule has 0 atom stereocenters.